The summed E-state index contributed by atoms with van der Waals surface area (Å²) in [7, 11) is 0. The number of rotatable bonds is 4. The number of benzene rings is 3. The quantitative estimate of drug-likeness (QED) is 0.407. The Morgan fingerprint density at radius 3 is 2.12 bits per heavy atom. The highest BCUT2D eigenvalue weighted by Gasteiger charge is 2.32. The Morgan fingerprint density at radius 1 is 0.824 bits per heavy atom. The summed E-state index contributed by atoms with van der Waals surface area (Å²) in [5.41, 5.74) is 4.54. The fraction of sp³-hybridized carbons (Fsp3) is 0.0741. The van der Waals surface area contributed by atoms with Crippen molar-refractivity contribution in [3.8, 4) is 11.3 Å². The predicted molar refractivity (Wildman–Crippen MR) is 127 cm³/mol. The van der Waals surface area contributed by atoms with Crippen molar-refractivity contribution in [3.63, 3.8) is 0 Å². The van der Waals surface area contributed by atoms with E-state index in [0.717, 1.165) is 16.8 Å². The lowest BCUT2D eigenvalue weighted by Crippen LogP contribution is -2.30. The van der Waals surface area contributed by atoms with Gasteiger partial charge in [0.25, 0.3) is 0 Å². The maximum Gasteiger partial charge on any atom is 0.342 e. The van der Waals surface area contributed by atoms with Crippen LogP contribution in [0.25, 0.3) is 11.3 Å². The van der Waals surface area contributed by atoms with Crippen molar-refractivity contribution < 1.29 is 13.6 Å². The molecule has 7 heteroatoms. The number of carbonyl (C=O) groups excluding carboxylic acids is 1. The molecule has 0 saturated carbocycles. The normalized spacial score (nSPS) is 15.2. The zero-order chi connectivity index (χ0) is 23.5. The van der Waals surface area contributed by atoms with Crippen LogP contribution in [0.1, 0.15) is 17.0 Å². The van der Waals surface area contributed by atoms with E-state index in [1.807, 2.05) is 30.3 Å². The first-order chi connectivity index (χ1) is 16.6. The number of hydrogen-bond acceptors (Lipinski definition) is 3. The summed E-state index contributed by atoms with van der Waals surface area (Å²) in [5, 5.41) is 8.75. The van der Waals surface area contributed by atoms with Gasteiger partial charge in [0, 0.05) is 23.4 Å². The molecule has 5 rings (SSSR count). The Morgan fingerprint density at radius 2 is 1.47 bits per heavy atom. The molecule has 5 nitrogen and oxygen atoms in total. The first kappa shape index (κ1) is 21.5. The zero-order valence-electron chi connectivity index (χ0n) is 18.0. The van der Waals surface area contributed by atoms with Crippen LogP contribution in [0.5, 0.6) is 0 Å². The third-order valence-electron chi connectivity index (χ3n) is 5.66. The van der Waals surface area contributed by atoms with E-state index < -0.39 is 6.03 Å². The van der Waals surface area contributed by atoms with Crippen LogP contribution in [-0.2, 0) is 0 Å². The number of carbonyl (C=O) groups is 1. The fourth-order valence-electron chi connectivity index (χ4n) is 3.91. The third kappa shape index (κ3) is 4.54. The summed E-state index contributed by atoms with van der Waals surface area (Å²) in [6.07, 6.45) is 1.73. The fourth-order valence-corrected chi connectivity index (χ4v) is 3.91. The summed E-state index contributed by atoms with van der Waals surface area (Å²) in [6, 6.07) is 24.7. The number of halogens is 2. The number of amides is 2. The molecule has 0 bridgehead atoms. The Bertz CT molecular complexity index is 1320. The van der Waals surface area contributed by atoms with Crippen molar-refractivity contribution in [2.75, 3.05) is 11.9 Å². The maximum atomic E-state index is 13.5. The smallest absolute Gasteiger partial charge is 0.306 e. The molecule has 0 spiro atoms. The molecule has 1 aliphatic heterocycles. The van der Waals surface area contributed by atoms with Gasteiger partial charge in [-0.3, -0.25) is 4.98 Å². The van der Waals surface area contributed by atoms with Crippen molar-refractivity contribution >= 4 is 17.4 Å². The Labute approximate surface area is 195 Å². The molecular formula is C27H20F2N4O. The average molecular weight is 454 g/mol. The number of nitrogens with zero attached hydrogens (tertiary/aromatic N) is 3. The Hall–Kier alpha value is -4.39. The molecule has 1 atom stereocenters. The number of urea groups is 1. The molecule has 0 fully saturated rings. The highest BCUT2D eigenvalue weighted by Crippen LogP contribution is 2.30. The standard InChI is InChI=1S/C27H20F2N4O/c28-21-10-4-18(5-11-21)24-17-33(32-26(24)20-6-12-22(29)13-7-20)27(34)31-23-14-8-19(9-15-23)25-3-1-2-16-30-25/h1-16,24H,17H2,(H,31,34). The minimum absolute atomic E-state index is 0.274. The van der Waals surface area contributed by atoms with Crippen molar-refractivity contribution in [3.05, 3.63) is 120 Å². The van der Waals surface area contributed by atoms with Crippen LogP contribution in [-0.4, -0.2) is 28.3 Å². The average Bonchev–Trinajstić information content (AvgIpc) is 3.32. The van der Waals surface area contributed by atoms with Gasteiger partial charge < -0.3 is 5.32 Å². The van der Waals surface area contributed by atoms with Gasteiger partial charge in [-0.25, -0.2) is 18.6 Å². The van der Waals surface area contributed by atoms with Crippen LogP contribution in [0.2, 0.25) is 0 Å². The third-order valence-corrected chi connectivity index (χ3v) is 5.66. The van der Waals surface area contributed by atoms with Gasteiger partial charge in [-0.1, -0.05) is 42.5 Å². The van der Waals surface area contributed by atoms with E-state index in [1.54, 1.807) is 42.6 Å². The van der Waals surface area contributed by atoms with Crippen molar-refractivity contribution in [2.24, 2.45) is 5.10 Å². The molecule has 1 aromatic heterocycles. The number of pyridine rings is 1. The number of anilines is 1. The lowest BCUT2D eigenvalue weighted by atomic mass is 9.90. The van der Waals surface area contributed by atoms with Gasteiger partial charge in [0.1, 0.15) is 11.6 Å². The molecule has 168 valence electrons. The SMILES string of the molecule is O=C(Nc1ccc(-c2ccccn2)cc1)N1CC(c2ccc(F)cc2)C(c2ccc(F)cc2)=N1. The summed E-state index contributed by atoms with van der Waals surface area (Å²) in [6.45, 7) is 0.274. The Kier molecular flexibility index (Phi) is 5.82. The van der Waals surface area contributed by atoms with Crippen LogP contribution >= 0.6 is 0 Å². The summed E-state index contributed by atoms with van der Waals surface area (Å²) in [5.74, 6) is -0.974. The molecular weight excluding hydrogens is 434 g/mol. The van der Waals surface area contributed by atoms with E-state index in [2.05, 4.69) is 15.4 Å². The highest BCUT2D eigenvalue weighted by atomic mass is 19.1. The second-order valence-electron chi connectivity index (χ2n) is 7.90. The number of nitrogens with one attached hydrogen (secondary N) is 1. The lowest BCUT2D eigenvalue weighted by Gasteiger charge is -2.16. The maximum absolute atomic E-state index is 13.5. The minimum atomic E-state index is -0.394. The molecule has 0 saturated heterocycles. The summed E-state index contributed by atoms with van der Waals surface area (Å²) >= 11 is 0. The van der Waals surface area contributed by atoms with E-state index in [-0.39, 0.29) is 24.1 Å². The summed E-state index contributed by atoms with van der Waals surface area (Å²) in [4.78, 5) is 17.3. The monoisotopic (exact) mass is 454 g/mol. The van der Waals surface area contributed by atoms with E-state index in [0.29, 0.717) is 17.0 Å². The minimum Gasteiger partial charge on any atom is -0.306 e. The number of aromatic nitrogens is 1. The lowest BCUT2D eigenvalue weighted by molar-refractivity contribution is 0.218. The number of hydrogen-bond donors (Lipinski definition) is 1. The largest absolute Gasteiger partial charge is 0.342 e. The van der Waals surface area contributed by atoms with E-state index in [4.69, 9.17) is 0 Å². The van der Waals surface area contributed by atoms with Crippen LogP contribution < -0.4 is 5.32 Å². The van der Waals surface area contributed by atoms with E-state index >= 15 is 0 Å². The van der Waals surface area contributed by atoms with Gasteiger partial charge in [0.2, 0.25) is 0 Å². The molecule has 3 aromatic carbocycles. The second-order valence-corrected chi connectivity index (χ2v) is 7.90. The molecule has 1 aliphatic rings. The second kappa shape index (κ2) is 9.23. The molecule has 0 aliphatic carbocycles. The number of hydrazone groups is 1. The van der Waals surface area contributed by atoms with Gasteiger partial charge in [0.05, 0.1) is 18.0 Å². The van der Waals surface area contributed by atoms with Gasteiger partial charge in [-0.15, -0.1) is 0 Å². The molecule has 34 heavy (non-hydrogen) atoms. The van der Waals surface area contributed by atoms with Crippen molar-refractivity contribution in [1.29, 1.82) is 0 Å². The summed E-state index contributed by atoms with van der Waals surface area (Å²) < 4.78 is 26.9. The molecule has 4 aromatic rings. The highest BCUT2D eigenvalue weighted by molar-refractivity contribution is 6.07. The molecule has 1 unspecified atom stereocenters. The first-order valence-corrected chi connectivity index (χ1v) is 10.8. The molecule has 0 radical (unpaired) electrons. The van der Waals surface area contributed by atoms with Gasteiger partial charge >= 0.3 is 6.03 Å². The van der Waals surface area contributed by atoms with E-state index in [9.17, 15) is 13.6 Å². The van der Waals surface area contributed by atoms with Crippen LogP contribution in [0.3, 0.4) is 0 Å². The first-order valence-electron chi connectivity index (χ1n) is 10.8. The van der Waals surface area contributed by atoms with Crippen molar-refractivity contribution in [2.45, 2.75) is 5.92 Å². The molecule has 2 amide bonds. The topological polar surface area (TPSA) is 57.6 Å². The van der Waals surface area contributed by atoms with Crippen molar-refractivity contribution in [1.82, 2.24) is 9.99 Å². The van der Waals surface area contributed by atoms with Crippen LogP contribution in [0, 0.1) is 11.6 Å². The van der Waals surface area contributed by atoms with Gasteiger partial charge in [-0.05, 0) is 59.7 Å². The molecule has 1 N–H and O–H groups in total. The molecule has 2 heterocycles. The van der Waals surface area contributed by atoms with Gasteiger partial charge in [0.15, 0.2) is 0 Å². The zero-order valence-corrected chi connectivity index (χ0v) is 18.0. The predicted octanol–water partition coefficient (Wildman–Crippen LogP) is 6.06. The van der Waals surface area contributed by atoms with Gasteiger partial charge in [-0.2, -0.15) is 5.10 Å². The van der Waals surface area contributed by atoms with E-state index in [1.165, 1.54) is 29.3 Å². The Balaban J connectivity index is 1.37. The van der Waals surface area contributed by atoms with Crippen LogP contribution in [0.4, 0.5) is 19.3 Å². The van der Waals surface area contributed by atoms with Crippen LogP contribution in [0.15, 0.2) is 102 Å².